The van der Waals surface area contributed by atoms with E-state index in [-0.39, 0.29) is 6.04 Å². The van der Waals surface area contributed by atoms with Crippen molar-refractivity contribution in [2.24, 2.45) is 5.73 Å². The minimum Gasteiger partial charge on any atom is -0.383 e. The van der Waals surface area contributed by atoms with Gasteiger partial charge in [-0.15, -0.1) is 0 Å². The Kier molecular flexibility index (Phi) is 6.65. The van der Waals surface area contributed by atoms with Gasteiger partial charge in [-0.2, -0.15) is 5.26 Å². The van der Waals surface area contributed by atoms with Gasteiger partial charge in [0.05, 0.1) is 19.1 Å². The monoisotopic (exact) mass is 281 g/mol. The molecule has 1 aromatic rings. The number of halogens is 1. The van der Waals surface area contributed by atoms with Crippen molar-refractivity contribution in [1.82, 2.24) is 0 Å². The number of anilines is 1. The summed E-state index contributed by atoms with van der Waals surface area (Å²) in [6, 6.07) is 7.88. The van der Waals surface area contributed by atoms with E-state index in [9.17, 15) is 0 Å². The molecular weight excluding hydrogens is 262 g/mol. The summed E-state index contributed by atoms with van der Waals surface area (Å²) in [4.78, 5) is 2.09. The fourth-order valence-corrected chi connectivity index (χ4v) is 2.19. The van der Waals surface area contributed by atoms with Gasteiger partial charge < -0.3 is 15.4 Å². The van der Waals surface area contributed by atoms with E-state index in [4.69, 9.17) is 27.3 Å². The number of nitrogens with two attached hydrogens (primary N) is 1. The molecule has 0 radical (unpaired) electrons. The van der Waals surface area contributed by atoms with Crippen molar-refractivity contribution < 1.29 is 4.74 Å². The molecule has 1 unspecified atom stereocenters. The van der Waals surface area contributed by atoms with Crippen LogP contribution >= 0.6 is 11.6 Å². The zero-order chi connectivity index (χ0) is 14.3. The number of nitrogens with zero attached hydrogens (tertiary/aromatic N) is 2. The zero-order valence-corrected chi connectivity index (χ0v) is 12.2. The predicted octanol–water partition coefficient (Wildman–Crippen LogP) is 2.73. The lowest BCUT2D eigenvalue weighted by Gasteiger charge is -2.24. The third kappa shape index (κ3) is 4.71. The van der Waals surface area contributed by atoms with E-state index in [0.717, 1.165) is 17.8 Å². The van der Waals surface area contributed by atoms with Gasteiger partial charge in [-0.3, -0.25) is 0 Å². The Bertz CT molecular complexity index is 443. The zero-order valence-electron chi connectivity index (χ0n) is 11.4. The first-order chi connectivity index (χ1) is 9.10. The summed E-state index contributed by atoms with van der Waals surface area (Å²) in [6.07, 6.45) is 0.469. The first-order valence-corrected chi connectivity index (χ1v) is 6.63. The van der Waals surface area contributed by atoms with Crippen LogP contribution in [0.4, 0.5) is 5.69 Å². The molecule has 1 aromatic carbocycles. The smallest absolute Gasteiger partial charge is 0.0640 e. The molecule has 1 atom stereocenters. The highest BCUT2D eigenvalue weighted by Crippen LogP contribution is 2.27. The third-order valence-electron chi connectivity index (χ3n) is 2.90. The van der Waals surface area contributed by atoms with Crippen molar-refractivity contribution in [1.29, 1.82) is 5.26 Å². The minimum absolute atomic E-state index is 0.0897. The summed E-state index contributed by atoms with van der Waals surface area (Å²) >= 11 is 6.23. The number of ether oxygens (including phenoxy) is 1. The van der Waals surface area contributed by atoms with E-state index < -0.39 is 0 Å². The van der Waals surface area contributed by atoms with Gasteiger partial charge in [-0.25, -0.2) is 0 Å². The van der Waals surface area contributed by atoms with E-state index in [1.807, 2.05) is 25.1 Å². The van der Waals surface area contributed by atoms with E-state index in [1.54, 1.807) is 7.11 Å². The lowest BCUT2D eigenvalue weighted by molar-refractivity contribution is 0.205. The molecule has 0 heterocycles. The number of hydrogen-bond acceptors (Lipinski definition) is 4. The number of rotatable bonds is 7. The summed E-state index contributed by atoms with van der Waals surface area (Å²) in [6.45, 7) is 3.90. The molecule has 0 aliphatic rings. The molecule has 0 amide bonds. The second kappa shape index (κ2) is 8.00. The molecule has 104 valence electrons. The second-order valence-corrected chi connectivity index (χ2v) is 4.79. The van der Waals surface area contributed by atoms with Crippen molar-refractivity contribution >= 4 is 17.3 Å². The lowest BCUT2D eigenvalue weighted by Crippen LogP contribution is -2.28. The summed E-state index contributed by atoms with van der Waals surface area (Å²) < 4.78 is 5.09. The molecule has 5 heteroatoms. The molecule has 4 nitrogen and oxygen atoms in total. The van der Waals surface area contributed by atoms with Crippen LogP contribution in [0.3, 0.4) is 0 Å². The molecule has 1 rings (SSSR count). The highest BCUT2D eigenvalue weighted by molar-refractivity contribution is 6.31. The van der Waals surface area contributed by atoms with Crippen molar-refractivity contribution in [2.45, 2.75) is 19.4 Å². The van der Waals surface area contributed by atoms with Gasteiger partial charge in [-0.05, 0) is 24.6 Å². The molecule has 0 spiro atoms. The molecule has 2 N–H and O–H groups in total. The van der Waals surface area contributed by atoms with Gasteiger partial charge in [0.2, 0.25) is 0 Å². The van der Waals surface area contributed by atoms with E-state index in [2.05, 4.69) is 11.0 Å². The van der Waals surface area contributed by atoms with Crippen LogP contribution in [0, 0.1) is 11.3 Å². The molecule has 0 aromatic heterocycles. The average molecular weight is 282 g/mol. The van der Waals surface area contributed by atoms with Gasteiger partial charge >= 0.3 is 0 Å². The van der Waals surface area contributed by atoms with E-state index in [1.165, 1.54) is 0 Å². The second-order valence-electron chi connectivity index (χ2n) is 4.38. The molecule has 19 heavy (non-hydrogen) atoms. The Morgan fingerprint density at radius 1 is 1.47 bits per heavy atom. The number of methoxy groups -OCH3 is 1. The molecule has 0 aliphatic carbocycles. The topological polar surface area (TPSA) is 62.3 Å². The van der Waals surface area contributed by atoms with Crippen LogP contribution in [-0.2, 0) is 4.74 Å². The molecule has 0 fully saturated rings. The summed E-state index contributed by atoms with van der Waals surface area (Å²) in [5, 5.41) is 9.37. The quantitative estimate of drug-likeness (QED) is 0.835. The van der Waals surface area contributed by atoms with Crippen molar-refractivity contribution in [3.8, 4) is 6.07 Å². The summed E-state index contributed by atoms with van der Waals surface area (Å²) in [5.41, 5.74) is 7.76. The maximum Gasteiger partial charge on any atom is 0.0640 e. The maximum absolute atomic E-state index is 8.71. The number of benzene rings is 1. The Hall–Kier alpha value is -1.28. The highest BCUT2D eigenvalue weighted by atomic mass is 35.5. The van der Waals surface area contributed by atoms with Gasteiger partial charge in [-0.1, -0.05) is 17.7 Å². The van der Waals surface area contributed by atoms with Gasteiger partial charge in [0, 0.05) is 37.0 Å². The average Bonchev–Trinajstić information content (AvgIpc) is 2.38. The molecule has 0 bridgehead atoms. The van der Waals surface area contributed by atoms with Gasteiger partial charge in [0.25, 0.3) is 0 Å². The van der Waals surface area contributed by atoms with Crippen LogP contribution in [-0.4, -0.2) is 26.8 Å². The van der Waals surface area contributed by atoms with E-state index >= 15 is 0 Å². The van der Waals surface area contributed by atoms with Crippen molar-refractivity contribution in [3.63, 3.8) is 0 Å². The normalized spacial score (nSPS) is 11.9. The SMILES string of the molecule is COCCN(CCC#N)c1ccc(C(C)N)c(Cl)c1. The maximum atomic E-state index is 8.71. The third-order valence-corrected chi connectivity index (χ3v) is 3.23. The van der Waals surface area contributed by atoms with Gasteiger partial charge in [0.1, 0.15) is 0 Å². The van der Waals surface area contributed by atoms with Crippen LogP contribution < -0.4 is 10.6 Å². The Balaban J connectivity index is 2.89. The van der Waals surface area contributed by atoms with Crippen molar-refractivity contribution in [2.75, 3.05) is 31.7 Å². The molecular formula is C14H20ClN3O. The Morgan fingerprint density at radius 2 is 2.21 bits per heavy atom. The first-order valence-electron chi connectivity index (χ1n) is 6.26. The van der Waals surface area contributed by atoms with Crippen LogP contribution in [0.1, 0.15) is 24.9 Å². The number of nitriles is 1. The first kappa shape index (κ1) is 15.8. The Labute approximate surface area is 119 Å². The van der Waals surface area contributed by atoms with Crippen LogP contribution in [0.15, 0.2) is 18.2 Å². The van der Waals surface area contributed by atoms with Crippen molar-refractivity contribution in [3.05, 3.63) is 28.8 Å². The summed E-state index contributed by atoms with van der Waals surface area (Å²) in [7, 11) is 1.66. The van der Waals surface area contributed by atoms with Crippen LogP contribution in [0.25, 0.3) is 0 Å². The largest absolute Gasteiger partial charge is 0.383 e. The minimum atomic E-state index is -0.0897. The predicted molar refractivity (Wildman–Crippen MR) is 78.4 cm³/mol. The molecule has 0 saturated carbocycles. The molecule has 0 aliphatic heterocycles. The number of hydrogen-bond donors (Lipinski definition) is 1. The van der Waals surface area contributed by atoms with Crippen LogP contribution in [0.2, 0.25) is 5.02 Å². The van der Waals surface area contributed by atoms with Gasteiger partial charge in [0.15, 0.2) is 0 Å². The highest BCUT2D eigenvalue weighted by Gasteiger charge is 2.10. The fraction of sp³-hybridized carbons (Fsp3) is 0.500. The fourth-order valence-electron chi connectivity index (χ4n) is 1.84. The van der Waals surface area contributed by atoms with E-state index in [0.29, 0.717) is 24.6 Å². The Morgan fingerprint density at radius 3 is 2.74 bits per heavy atom. The standard InChI is InChI=1S/C14H20ClN3O/c1-11(17)13-5-4-12(10-14(13)15)18(7-3-6-16)8-9-19-2/h4-5,10-11H,3,7-9,17H2,1-2H3. The summed E-state index contributed by atoms with van der Waals surface area (Å²) in [5.74, 6) is 0. The lowest BCUT2D eigenvalue weighted by atomic mass is 10.1. The van der Waals surface area contributed by atoms with Crippen LogP contribution in [0.5, 0.6) is 0 Å². The molecule has 0 saturated heterocycles.